The SMILES string of the molecule is O=C(NC[C@H]1CCNC[C@H]1O)c1cc(F)cc2c1OCCCO2. The molecule has 3 rings (SSSR count). The van der Waals surface area contributed by atoms with Crippen molar-refractivity contribution < 1.29 is 23.8 Å². The number of benzene rings is 1. The molecule has 2 aliphatic heterocycles. The van der Waals surface area contributed by atoms with E-state index in [1.54, 1.807) is 0 Å². The van der Waals surface area contributed by atoms with Crippen molar-refractivity contribution in [3.8, 4) is 11.5 Å². The number of piperidine rings is 1. The zero-order valence-electron chi connectivity index (χ0n) is 12.8. The van der Waals surface area contributed by atoms with Crippen molar-refractivity contribution in [1.29, 1.82) is 0 Å². The van der Waals surface area contributed by atoms with Gasteiger partial charge >= 0.3 is 0 Å². The van der Waals surface area contributed by atoms with Crippen LogP contribution in [0, 0.1) is 11.7 Å². The molecule has 0 saturated carbocycles. The summed E-state index contributed by atoms with van der Waals surface area (Å²) in [5.74, 6) is -0.426. The van der Waals surface area contributed by atoms with E-state index < -0.39 is 17.8 Å². The zero-order valence-corrected chi connectivity index (χ0v) is 12.8. The van der Waals surface area contributed by atoms with Gasteiger partial charge in [-0.1, -0.05) is 0 Å². The first-order valence-corrected chi connectivity index (χ1v) is 7.91. The lowest BCUT2D eigenvalue weighted by Crippen LogP contribution is -2.45. The number of aliphatic hydroxyl groups excluding tert-OH is 1. The summed E-state index contributed by atoms with van der Waals surface area (Å²) < 4.78 is 24.7. The summed E-state index contributed by atoms with van der Waals surface area (Å²) in [7, 11) is 0. The minimum Gasteiger partial charge on any atom is -0.489 e. The summed E-state index contributed by atoms with van der Waals surface area (Å²) in [6.45, 7) is 2.52. The Labute approximate surface area is 134 Å². The molecule has 3 N–H and O–H groups in total. The first-order valence-electron chi connectivity index (χ1n) is 7.91. The van der Waals surface area contributed by atoms with Crippen LogP contribution in [0.15, 0.2) is 12.1 Å². The molecule has 1 aromatic rings. The number of ether oxygens (including phenoxy) is 2. The number of carbonyl (C=O) groups is 1. The van der Waals surface area contributed by atoms with Crippen molar-refractivity contribution in [2.75, 3.05) is 32.8 Å². The molecule has 0 radical (unpaired) electrons. The van der Waals surface area contributed by atoms with E-state index in [1.807, 2.05) is 0 Å². The number of halogens is 1. The summed E-state index contributed by atoms with van der Waals surface area (Å²) in [6.07, 6.45) is 0.967. The molecule has 0 aromatic heterocycles. The molecule has 0 bridgehead atoms. The quantitative estimate of drug-likeness (QED) is 0.762. The zero-order chi connectivity index (χ0) is 16.2. The summed E-state index contributed by atoms with van der Waals surface area (Å²) in [5, 5.41) is 15.8. The molecule has 2 heterocycles. The van der Waals surface area contributed by atoms with Gasteiger partial charge in [0.15, 0.2) is 11.5 Å². The smallest absolute Gasteiger partial charge is 0.255 e. The highest BCUT2D eigenvalue weighted by atomic mass is 19.1. The van der Waals surface area contributed by atoms with Crippen LogP contribution < -0.4 is 20.1 Å². The fourth-order valence-electron chi connectivity index (χ4n) is 2.86. The largest absolute Gasteiger partial charge is 0.489 e. The Balaban J connectivity index is 1.72. The molecule has 0 unspecified atom stereocenters. The van der Waals surface area contributed by atoms with Gasteiger partial charge in [-0.3, -0.25) is 4.79 Å². The number of hydrogen-bond acceptors (Lipinski definition) is 5. The van der Waals surface area contributed by atoms with E-state index in [1.165, 1.54) is 6.07 Å². The second-order valence-corrected chi connectivity index (χ2v) is 5.86. The molecule has 2 aliphatic rings. The lowest BCUT2D eigenvalue weighted by atomic mass is 9.95. The van der Waals surface area contributed by atoms with Gasteiger partial charge in [-0.15, -0.1) is 0 Å². The number of nitrogens with one attached hydrogen (secondary N) is 2. The molecule has 126 valence electrons. The molecule has 6 nitrogen and oxygen atoms in total. The monoisotopic (exact) mass is 324 g/mol. The fraction of sp³-hybridized carbons (Fsp3) is 0.562. The van der Waals surface area contributed by atoms with Crippen molar-refractivity contribution in [3.05, 3.63) is 23.5 Å². The highest BCUT2D eigenvalue weighted by molar-refractivity contribution is 5.97. The van der Waals surface area contributed by atoms with Crippen molar-refractivity contribution >= 4 is 5.91 Å². The lowest BCUT2D eigenvalue weighted by Gasteiger charge is -2.28. The number of aliphatic hydroxyl groups is 1. The minimum absolute atomic E-state index is 0.00969. The Morgan fingerprint density at radius 1 is 1.39 bits per heavy atom. The third-order valence-corrected chi connectivity index (χ3v) is 4.17. The summed E-state index contributed by atoms with van der Waals surface area (Å²) in [4.78, 5) is 12.4. The highest BCUT2D eigenvalue weighted by Crippen LogP contribution is 2.34. The molecule has 23 heavy (non-hydrogen) atoms. The van der Waals surface area contributed by atoms with Gasteiger partial charge in [-0.2, -0.15) is 0 Å². The molecular formula is C16H21FN2O4. The second kappa shape index (κ2) is 7.14. The van der Waals surface area contributed by atoms with E-state index in [2.05, 4.69) is 10.6 Å². The molecule has 0 aliphatic carbocycles. The van der Waals surface area contributed by atoms with E-state index in [9.17, 15) is 14.3 Å². The lowest BCUT2D eigenvalue weighted by molar-refractivity contribution is 0.0751. The van der Waals surface area contributed by atoms with Gasteiger partial charge in [0, 0.05) is 31.5 Å². The predicted octanol–water partition coefficient (Wildman–Crippen LogP) is 0.687. The van der Waals surface area contributed by atoms with Crippen LogP contribution in [0.1, 0.15) is 23.2 Å². The van der Waals surface area contributed by atoms with E-state index in [0.717, 1.165) is 19.0 Å². The predicted molar refractivity (Wildman–Crippen MR) is 81.3 cm³/mol. The molecular weight excluding hydrogens is 303 g/mol. The fourth-order valence-corrected chi connectivity index (χ4v) is 2.86. The van der Waals surface area contributed by atoms with Gasteiger partial charge in [0.05, 0.1) is 24.9 Å². The summed E-state index contributed by atoms with van der Waals surface area (Å²) in [5.41, 5.74) is 0.130. The summed E-state index contributed by atoms with van der Waals surface area (Å²) >= 11 is 0. The van der Waals surface area contributed by atoms with E-state index >= 15 is 0 Å². The van der Waals surface area contributed by atoms with Crippen LogP contribution >= 0.6 is 0 Å². The van der Waals surface area contributed by atoms with Crippen LogP contribution in [-0.2, 0) is 0 Å². The maximum atomic E-state index is 13.7. The Kier molecular flexibility index (Phi) is 4.97. The maximum Gasteiger partial charge on any atom is 0.255 e. The average Bonchev–Trinajstić information content (AvgIpc) is 2.78. The number of β-amino-alcohol motifs (C(OH)–C–C–N with tert-alkyl or cyclic N) is 1. The van der Waals surface area contributed by atoms with E-state index in [-0.39, 0.29) is 23.0 Å². The number of carbonyl (C=O) groups excluding carboxylic acids is 1. The minimum atomic E-state index is -0.540. The Morgan fingerprint density at radius 3 is 3.04 bits per heavy atom. The molecule has 1 aromatic carbocycles. The molecule has 7 heteroatoms. The Hall–Kier alpha value is -1.86. The van der Waals surface area contributed by atoms with Crippen LogP contribution in [-0.4, -0.2) is 50.0 Å². The van der Waals surface area contributed by atoms with Crippen molar-refractivity contribution in [2.24, 2.45) is 5.92 Å². The number of hydrogen-bond donors (Lipinski definition) is 3. The van der Waals surface area contributed by atoms with Gasteiger partial charge in [-0.05, 0) is 19.0 Å². The van der Waals surface area contributed by atoms with Gasteiger partial charge in [-0.25, -0.2) is 4.39 Å². The van der Waals surface area contributed by atoms with Gasteiger partial charge in [0.1, 0.15) is 5.82 Å². The average molecular weight is 324 g/mol. The molecule has 2 atom stereocenters. The van der Waals surface area contributed by atoms with Crippen molar-refractivity contribution in [1.82, 2.24) is 10.6 Å². The molecule has 1 fully saturated rings. The first-order chi connectivity index (χ1) is 11.1. The van der Waals surface area contributed by atoms with Gasteiger partial charge in [0.2, 0.25) is 0 Å². The van der Waals surface area contributed by atoms with Crippen molar-refractivity contribution in [3.63, 3.8) is 0 Å². The van der Waals surface area contributed by atoms with Crippen LogP contribution in [0.3, 0.4) is 0 Å². The van der Waals surface area contributed by atoms with Crippen molar-refractivity contribution in [2.45, 2.75) is 18.9 Å². The summed E-state index contributed by atoms with van der Waals surface area (Å²) in [6, 6.07) is 2.38. The second-order valence-electron chi connectivity index (χ2n) is 5.86. The van der Waals surface area contributed by atoms with Crippen LogP contribution in [0.25, 0.3) is 0 Å². The molecule has 1 saturated heterocycles. The van der Waals surface area contributed by atoms with Gasteiger partial charge < -0.3 is 25.2 Å². The third kappa shape index (κ3) is 3.73. The van der Waals surface area contributed by atoms with Gasteiger partial charge in [0.25, 0.3) is 5.91 Å². The molecule has 1 amide bonds. The normalized spacial score (nSPS) is 23.9. The number of fused-ring (bicyclic) bond motifs is 1. The van der Waals surface area contributed by atoms with E-state index in [0.29, 0.717) is 32.7 Å². The van der Waals surface area contributed by atoms with Crippen LogP contribution in [0.4, 0.5) is 4.39 Å². The standard InChI is InChI=1S/C16H21FN2O4/c17-11-6-12(15-14(7-11)22-4-1-5-23-15)16(21)19-8-10-2-3-18-9-13(10)20/h6-7,10,13,18,20H,1-5,8-9H2,(H,19,21)/t10-,13-/m1/s1. The molecule has 0 spiro atoms. The van der Waals surface area contributed by atoms with Crippen LogP contribution in [0.5, 0.6) is 11.5 Å². The first kappa shape index (κ1) is 16.0. The number of amides is 1. The number of rotatable bonds is 3. The topological polar surface area (TPSA) is 79.8 Å². The Bertz CT molecular complexity index is 581. The Morgan fingerprint density at radius 2 is 2.22 bits per heavy atom. The van der Waals surface area contributed by atoms with Crippen LogP contribution in [0.2, 0.25) is 0 Å². The third-order valence-electron chi connectivity index (χ3n) is 4.17. The van der Waals surface area contributed by atoms with E-state index in [4.69, 9.17) is 9.47 Å². The highest BCUT2D eigenvalue weighted by Gasteiger charge is 2.25. The maximum absolute atomic E-state index is 13.7.